The highest BCUT2D eigenvalue weighted by Gasteiger charge is 2.31. The number of hydrogen-bond donors (Lipinski definition) is 1. The zero-order chi connectivity index (χ0) is 17.9. The Morgan fingerprint density at radius 1 is 1.28 bits per heavy atom. The summed E-state index contributed by atoms with van der Waals surface area (Å²) < 4.78 is 36.7. The number of amides is 1. The predicted molar refractivity (Wildman–Crippen MR) is 90.5 cm³/mol. The summed E-state index contributed by atoms with van der Waals surface area (Å²) in [6.07, 6.45) is 3.01. The summed E-state index contributed by atoms with van der Waals surface area (Å²) >= 11 is 5.47. The fourth-order valence-electron chi connectivity index (χ4n) is 2.45. The Labute approximate surface area is 149 Å². The van der Waals surface area contributed by atoms with Crippen LogP contribution in [0.5, 0.6) is 11.5 Å². The van der Waals surface area contributed by atoms with Crippen molar-refractivity contribution >= 4 is 27.3 Å². The Balaban J connectivity index is 1.97. The van der Waals surface area contributed by atoms with Crippen LogP contribution in [0.25, 0.3) is 0 Å². The standard InChI is InChI=1S/C16H15ClN2O5S/c17-7-16(20)19-9-15(11-2-1-5-18-8-11)25(21,22)12-3-4-13-14(6-12)24-10-23-13/h1-6,8,15H,7,9-10H2,(H,19,20)/t15-/m0/s1. The van der Waals surface area contributed by atoms with Gasteiger partial charge in [0.15, 0.2) is 21.3 Å². The second-order valence-electron chi connectivity index (χ2n) is 5.27. The van der Waals surface area contributed by atoms with Crippen molar-refractivity contribution in [1.29, 1.82) is 0 Å². The first-order valence-corrected chi connectivity index (χ1v) is 9.46. The van der Waals surface area contributed by atoms with Crippen molar-refractivity contribution in [3.05, 3.63) is 48.3 Å². The van der Waals surface area contributed by atoms with Gasteiger partial charge in [-0.3, -0.25) is 9.78 Å². The van der Waals surface area contributed by atoms with Crippen LogP contribution in [0.4, 0.5) is 0 Å². The number of rotatable bonds is 6. The maximum absolute atomic E-state index is 13.1. The molecule has 0 bridgehead atoms. The molecule has 1 atom stereocenters. The molecule has 0 saturated carbocycles. The monoisotopic (exact) mass is 382 g/mol. The number of nitrogens with zero attached hydrogens (tertiary/aromatic N) is 1. The van der Waals surface area contributed by atoms with Crippen molar-refractivity contribution in [3.8, 4) is 11.5 Å². The van der Waals surface area contributed by atoms with Crippen molar-refractivity contribution in [3.63, 3.8) is 0 Å². The first-order chi connectivity index (χ1) is 12.0. The number of ether oxygens (including phenoxy) is 2. The summed E-state index contributed by atoms with van der Waals surface area (Å²) in [5.74, 6) is 0.170. The third-order valence-corrected chi connectivity index (χ3v) is 6.05. The largest absolute Gasteiger partial charge is 0.454 e. The lowest BCUT2D eigenvalue weighted by atomic mass is 10.2. The molecule has 2 heterocycles. The molecule has 1 aliphatic heterocycles. The van der Waals surface area contributed by atoms with E-state index in [1.165, 1.54) is 18.3 Å². The van der Waals surface area contributed by atoms with Crippen LogP contribution < -0.4 is 14.8 Å². The van der Waals surface area contributed by atoms with Gasteiger partial charge in [0.05, 0.1) is 4.90 Å². The maximum Gasteiger partial charge on any atom is 0.234 e. The molecule has 0 fully saturated rings. The van der Waals surface area contributed by atoms with E-state index in [1.54, 1.807) is 24.4 Å². The molecular weight excluding hydrogens is 368 g/mol. The van der Waals surface area contributed by atoms with Gasteiger partial charge in [-0.05, 0) is 23.8 Å². The number of sulfone groups is 1. The van der Waals surface area contributed by atoms with E-state index in [4.69, 9.17) is 21.1 Å². The topological polar surface area (TPSA) is 94.6 Å². The normalized spacial score (nSPS) is 14.1. The molecule has 7 nitrogen and oxygen atoms in total. The molecule has 0 spiro atoms. The van der Waals surface area contributed by atoms with Gasteiger partial charge >= 0.3 is 0 Å². The first-order valence-electron chi connectivity index (χ1n) is 7.38. The molecule has 9 heteroatoms. The van der Waals surface area contributed by atoms with E-state index in [0.717, 1.165) is 0 Å². The first kappa shape index (κ1) is 17.5. The zero-order valence-corrected chi connectivity index (χ0v) is 14.6. The van der Waals surface area contributed by atoms with Crippen LogP contribution >= 0.6 is 11.6 Å². The van der Waals surface area contributed by atoms with Gasteiger partial charge < -0.3 is 14.8 Å². The molecule has 1 aromatic carbocycles. The van der Waals surface area contributed by atoms with Crippen molar-refractivity contribution < 1.29 is 22.7 Å². The molecule has 132 valence electrons. The number of pyridine rings is 1. The van der Waals surface area contributed by atoms with Crippen LogP contribution in [-0.2, 0) is 14.6 Å². The number of carbonyl (C=O) groups excluding carboxylic acids is 1. The Hall–Kier alpha value is -2.32. The minimum absolute atomic E-state index is 0.0522. The van der Waals surface area contributed by atoms with E-state index in [9.17, 15) is 13.2 Å². The Morgan fingerprint density at radius 2 is 2.08 bits per heavy atom. The molecular formula is C16H15ClN2O5S. The predicted octanol–water partition coefficient (Wildman–Crippen LogP) is 1.68. The van der Waals surface area contributed by atoms with Crippen LogP contribution in [-0.4, -0.2) is 38.5 Å². The van der Waals surface area contributed by atoms with E-state index >= 15 is 0 Å². The second-order valence-corrected chi connectivity index (χ2v) is 7.67. The lowest BCUT2D eigenvalue weighted by Crippen LogP contribution is -2.32. The van der Waals surface area contributed by atoms with Gasteiger partial charge in [0.25, 0.3) is 0 Å². The number of fused-ring (bicyclic) bond motifs is 1. The summed E-state index contributed by atoms with van der Waals surface area (Å²) in [5.41, 5.74) is 0.468. The van der Waals surface area contributed by atoms with Crippen molar-refractivity contribution in [2.24, 2.45) is 0 Å². The molecule has 0 aliphatic carbocycles. The molecule has 2 aromatic rings. The van der Waals surface area contributed by atoms with E-state index in [0.29, 0.717) is 17.1 Å². The number of benzene rings is 1. The highest BCUT2D eigenvalue weighted by Crippen LogP contribution is 2.37. The lowest BCUT2D eigenvalue weighted by molar-refractivity contribution is -0.118. The summed E-state index contributed by atoms with van der Waals surface area (Å²) in [5, 5.41) is 1.52. The Morgan fingerprint density at radius 3 is 2.80 bits per heavy atom. The summed E-state index contributed by atoms with van der Waals surface area (Å²) in [6.45, 7) is -0.0648. The number of alkyl halides is 1. The summed E-state index contributed by atoms with van der Waals surface area (Å²) in [7, 11) is -3.81. The molecule has 1 aromatic heterocycles. The van der Waals surface area contributed by atoms with Gasteiger partial charge in [-0.1, -0.05) is 6.07 Å². The molecule has 1 amide bonds. The van der Waals surface area contributed by atoms with Gasteiger partial charge in [0.1, 0.15) is 11.1 Å². The van der Waals surface area contributed by atoms with Gasteiger partial charge in [-0.25, -0.2) is 8.42 Å². The van der Waals surface area contributed by atoms with Crippen LogP contribution in [0.2, 0.25) is 0 Å². The third kappa shape index (κ3) is 3.69. The molecule has 1 aliphatic rings. The lowest BCUT2D eigenvalue weighted by Gasteiger charge is -2.18. The Kier molecular flexibility index (Phi) is 5.10. The van der Waals surface area contributed by atoms with Crippen molar-refractivity contribution in [1.82, 2.24) is 10.3 Å². The molecule has 0 saturated heterocycles. The van der Waals surface area contributed by atoms with Gasteiger partial charge in [0, 0.05) is 25.0 Å². The van der Waals surface area contributed by atoms with Crippen LogP contribution in [0.15, 0.2) is 47.6 Å². The van der Waals surface area contributed by atoms with Crippen LogP contribution in [0.3, 0.4) is 0 Å². The smallest absolute Gasteiger partial charge is 0.234 e. The highest BCUT2D eigenvalue weighted by atomic mass is 35.5. The van der Waals surface area contributed by atoms with E-state index < -0.39 is 21.0 Å². The summed E-state index contributed by atoms with van der Waals surface area (Å²) in [4.78, 5) is 15.5. The minimum Gasteiger partial charge on any atom is -0.454 e. The van der Waals surface area contributed by atoms with E-state index in [-0.39, 0.29) is 24.1 Å². The average Bonchev–Trinajstić information content (AvgIpc) is 3.10. The molecule has 0 radical (unpaired) electrons. The van der Waals surface area contributed by atoms with Gasteiger partial charge in [-0.15, -0.1) is 11.6 Å². The quantitative estimate of drug-likeness (QED) is 0.764. The molecule has 3 rings (SSSR count). The fraction of sp³-hybridized carbons (Fsp3) is 0.250. The Bertz CT molecular complexity index is 873. The minimum atomic E-state index is -3.81. The third-order valence-electron chi connectivity index (χ3n) is 3.71. The molecule has 0 unspecified atom stereocenters. The fourth-order valence-corrected chi connectivity index (χ4v) is 4.20. The number of hydrogen-bond acceptors (Lipinski definition) is 6. The van der Waals surface area contributed by atoms with Crippen molar-refractivity contribution in [2.75, 3.05) is 19.2 Å². The van der Waals surface area contributed by atoms with Gasteiger partial charge in [0.2, 0.25) is 12.7 Å². The number of halogens is 1. The molecule has 1 N–H and O–H groups in total. The van der Waals surface area contributed by atoms with Crippen LogP contribution in [0, 0.1) is 0 Å². The maximum atomic E-state index is 13.1. The summed E-state index contributed by atoms with van der Waals surface area (Å²) in [6, 6.07) is 7.71. The van der Waals surface area contributed by atoms with Gasteiger partial charge in [-0.2, -0.15) is 0 Å². The highest BCUT2D eigenvalue weighted by molar-refractivity contribution is 7.91. The van der Waals surface area contributed by atoms with Crippen LogP contribution in [0.1, 0.15) is 10.8 Å². The number of carbonyl (C=O) groups is 1. The second kappa shape index (κ2) is 7.28. The molecule has 25 heavy (non-hydrogen) atoms. The number of nitrogens with one attached hydrogen (secondary N) is 1. The SMILES string of the molecule is O=C(CCl)NC[C@@H](c1cccnc1)S(=O)(=O)c1ccc2c(c1)OCO2. The zero-order valence-electron chi connectivity index (χ0n) is 13.0. The van der Waals surface area contributed by atoms with E-state index in [1.807, 2.05) is 0 Å². The average molecular weight is 383 g/mol. The van der Waals surface area contributed by atoms with E-state index in [2.05, 4.69) is 10.3 Å². The van der Waals surface area contributed by atoms with Crippen molar-refractivity contribution in [2.45, 2.75) is 10.1 Å². The number of aromatic nitrogens is 1.